The highest BCUT2D eigenvalue weighted by atomic mass is 35.5. The van der Waals surface area contributed by atoms with Crippen molar-refractivity contribution in [3.63, 3.8) is 0 Å². The number of amides is 1. The van der Waals surface area contributed by atoms with Crippen LogP contribution in [0.15, 0.2) is 79.0 Å². The van der Waals surface area contributed by atoms with Crippen molar-refractivity contribution < 1.29 is 9.18 Å². The molecule has 1 heterocycles. The zero-order chi connectivity index (χ0) is 23.4. The smallest absolute Gasteiger partial charge is 0.223 e. The second-order valence-electron chi connectivity index (χ2n) is 8.23. The number of halogens is 2. The van der Waals surface area contributed by atoms with Gasteiger partial charge in [-0.1, -0.05) is 54.1 Å². The molecule has 0 spiro atoms. The van der Waals surface area contributed by atoms with Crippen molar-refractivity contribution in [1.82, 2.24) is 9.47 Å². The summed E-state index contributed by atoms with van der Waals surface area (Å²) in [5.74, 6) is -0.246. The van der Waals surface area contributed by atoms with Gasteiger partial charge in [0.1, 0.15) is 5.82 Å². The molecule has 0 aliphatic carbocycles. The molecular weight excluding hydrogens is 435 g/mol. The number of aromatic nitrogens is 1. The Balaban J connectivity index is 1.80. The number of para-hydroxylation sites is 1. The number of rotatable bonds is 8. The maximum absolute atomic E-state index is 13.4. The zero-order valence-electron chi connectivity index (χ0n) is 19.0. The Morgan fingerprint density at radius 2 is 1.73 bits per heavy atom. The number of benzene rings is 3. The van der Waals surface area contributed by atoms with Gasteiger partial charge in [0.25, 0.3) is 0 Å². The fourth-order valence-electron chi connectivity index (χ4n) is 4.48. The van der Waals surface area contributed by atoms with E-state index in [0.29, 0.717) is 31.1 Å². The first-order chi connectivity index (χ1) is 16.0. The van der Waals surface area contributed by atoms with Gasteiger partial charge in [0.05, 0.1) is 0 Å². The average Bonchev–Trinajstić information content (AvgIpc) is 3.18. The minimum Gasteiger partial charge on any atom is -0.343 e. The second kappa shape index (κ2) is 10.2. The Morgan fingerprint density at radius 3 is 2.42 bits per heavy atom. The van der Waals surface area contributed by atoms with Gasteiger partial charge in [0, 0.05) is 54.1 Å². The van der Waals surface area contributed by atoms with Crippen molar-refractivity contribution in [1.29, 1.82) is 0 Å². The molecule has 5 heteroatoms. The van der Waals surface area contributed by atoms with Gasteiger partial charge in [0.15, 0.2) is 0 Å². The Morgan fingerprint density at radius 1 is 1.00 bits per heavy atom. The van der Waals surface area contributed by atoms with Crippen LogP contribution in [0.25, 0.3) is 10.9 Å². The first-order valence-electron chi connectivity index (χ1n) is 11.4. The highest BCUT2D eigenvalue weighted by Gasteiger charge is 2.24. The van der Waals surface area contributed by atoms with E-state index in [4.69, 9.17) is 11.6 Å². The summed E-state index contributed by atoms with van der Waals surface area (Å²) in [4.78, 5) is 15.0. The van der Waals surface area contributed by atoms with E-state index in [1.807, 2.05) is 67.3 Å². The molecule has 0 fully saturated rings. The number of carbonyl (C=O) groups is 1. The molecule has 1 atom stereocenters. The lowest BCUT2D eigenvalue weighted by Crippen LogP contribution is -2.31. The molecule has 0 saturated heterocycles. The molecule has 170 valence electrons. The highest BCUT2D eigenvalue weighted by Crippen LogP contribution is 2.36. The van der Waals surface area contributed by atoms with Crippen molar-refractivity contribution in [2.24, 2.45) is 0 Å². The van der Waals surface area contributed by atoms with E-state index in [0.717, 1.165) is 27.6 Å². The molecule has 1 aromatic heterocycles. The van der Waals surface area contributed by atoms with Gasteiger partial charge >= 0.3 is 0 Å². The molecule has 1 amide bonds. The van der Waals surface area contributed by atoms with Gasteiger partial charge in [-0.2, -0.15) is 0 Å². The third-order valence-corrected chi connectivity index (χ3v) is 6.44. The van der Waals surface area contributed by atoms with E-state index in [9.17, 15) is 9.18 Å². The molecule has 0 bridgehead atoms. The molecule has 0 unspecified atom stereocenters. The van der Waals surface area contributed by atoms with Crippen LogP contribution in [0, 0.1) is 5.82 Å². The lowest BCUT2D eigenvalue weighted by molar-refractivity contribution is -0.131. The Hall–Kier alpha value is -3.11. The summed E-state index contributed by atoms with van der Waals surface area (Å²) in [5, 5.41) is 1.76. The van der Waals surface area contributed by atoms with Crippen molar-refractivity contribution in [3.8, 4) is 0 Å². The third kappa shape index (κ3) is 5.12. The molecule has 4 rings (SSSR count). The monoisotopic (exact) mass is 462 g/mol. The quantitative estimate of drug-likeness (QED) is 0.280. The first kappa shape index (κ1) is 23.1. The summed E-state index contributed by atoms with van der Waals surface area (Å²) < 4.78 is 15.6. The van der Waals surface area contributed by atoms with E-state index in [2.05, 4.69) is 22.9 Å². The van der Waals surface area contributed by atoms with Gasteiger partial charge in [-0.15, -0.1) is 0 Å². The largest absolute Gasteiger partial charge is 0.343 e. The molecule has 0 radical (unpaired) electrons. The van der Waals surface area contributed by atoms with Crippen molar-refractivity contribution in [2.75, 3.05) is 13.1 Å². The van der Waals surface area contributed by atoms with E-state index in [1.165, 1.54) is 12.1 Å². The third-order valence-electron chi connectivity index (χ3n) is 6.21. The van der Waals surface area contributed by atoms with Crippen LogP contribution in [0.4, 0.5) is 4.39 Å². The lowest BCUT2D eigenvalue weighted by atomic mass is 9.88. The number of nitrogens with zero attached hydrogens (tertiary/aromatic N) is 2. The predicted octanol–water partition coefficient (Wildman–Crippen LogP) is 6.87. The molecule has 3 nitrogen and oxygen atoms in total. The van der Waals surface area contributed by atoms with Crippen LogP contribution >= 0.6 is 11.6 Å². The van der Waals surface area contributed by atoms with Crippen LogP contribution < -0.4 is 0 Å². The summed E-state index contributed by atoms with van der Waals surface area (Å²) >= 11 is 6.34. The topological polar surface area (TPSA) is 25.2 Å². The minimum atomic E-state index is -0.243. The SMILES string of the molecule is CCN(CC)C(=O)C[C@@H](c1cccc(Cl)c1)c1cn(Cc2ccc(F)cc2)c2ccccc12. The summed E-state index contributed by atoms with van der Waals surface area (Å²) in [5.41, 5.74) is 4.21. The summed E-state index contributed by atoms with van der Waals surface area (Å²) in [7, 11) is 0. The highest BCUT2D eigenvalue weighted by molar-refractivity contribution is 6.30. The Kier molecular flexibility index (Phi) is 7.14. The van der Waals surface area contributed by atoms with Crippen molar-refractivity contribution in [2.45, 2.75) is 32.7 Å². The molecule has 33 heavy (non-hydrogen) atoms. The summed E-state index contributed by atoms with van der Waals surface area (Å²) in [6.45, 7) is 6.00. The van der Waals surface area contributed by atoms with E-state index < -0.39 is 0 Å². The molecule has 0 aliphatic rings. The van der Waals surface area contributed by atoms with Crippen molar-refractivity contribution >= 4 is 28.4 Å². The van der Waals surface area contributed by atoms with E-state index >= 15 is 0 Å². The van der Waals surface area contributed by atoms with Gasteiger partial charge in [0.2, 0.25) is 5.91 Å². The molecular formula is C28H28ClFN2O. The number of hydrogen-bond acceptors (Lipinski definition) is 1. The second-order valence-corrected chi connectivity index (χ2v) is 8.67. The molecule has 0 saturated carbocycles. The molecule has 3 aromatic carbocycles. The maximum atomic E-state index is 13.4. The normalized spacial score (nSPS) is 12.1. The first-order valence-corrected chi connectivity index (χ1v) is 11.7. The van der Waals surface area contributed by atoms with Gasteiger partial charge in [-0.25, -0.2) is 4.39 Å². The number of hydrogen-bond donors (Lipinski definition) is 0. The summed E-state index contributed by atoms with van der Waals surface area (Å²) in [6.07, 6.45) is 2.50. The van der Waals surface area contributed by atoms with Crippen LogP contribution in [0.5, 0.6) is 0 Å². The fourth-order valence-corrected chi connectivity index (χ4v) is 4.68. The van der Waals surface area contributed by atoms with Gasteiger partial charge in [-0.05, 0) is 60.9 Å². The maximum Gasteiger partial charge on any atom is 0.223 e. The number of carbonyl (C=O) groups excluding carboxylic acids is 1. The lowest BCUT2D eigenvalue weighted by Gasteiger charge is -2.23. The molecule has 4 aromatic rings. The standard InChI is InChI=1S/C28H28ClFN2O/c1-3-31(4-2)28(33)17-25(21-8-7-9-22(29)16-21)26-19-32(27-11-6-5-10-24(26)27)18-20-12-14-23(30)15-13-20/h5-16,19,25H,3-4,17-18H2,1-2H3/t25-/m0/s1. The van der Waals surface area contributed by atoms with Crippen LogP contribution in [-0.4, -0.2) is 28.5 Å². The van der Waals surface area contributed by atoms with E-state index in [1.54, 1.807) is 0 Å². The van der Waals surface area contributed by atoms with Crippen LogP contribution in [-0.2, 0) is 11.3 Å². The summed E-state index contributed by atoms with van der Waals surface area (Å²) in [6, 6.07) is 22.6. The van der Waals surface area contributed by atoms with Crippen LogP contribution in [0.3, 0.4) is 0 Å². The molecule has 0 N–H and O–H groups in total. The van der Waals surface area contributed by atoms with Crippen molar-refractivity contribution in [3.05, 3.63) is 107 Å². The Labute approximate surface area is 199 Å². The zero-order valence-corrected chi connectivity index (χ0v) is 19.7. The van der Waals surface area contributed by atoms with E-state index in [-0.39, 0.29) is 17.6 Å². The van der Waals surface area contributed by atoms with Gasteiger partial charge < -0.3 is 9.47 Å². The average molecular weight is 463 g/mol. The minimum absolute atomic E-state index is 0.125. The van der Waals surface area contributed by atoms with Crippen LogP contribution in [0.2, 0.25) is 5.02 Å². The van der Waals surface area contributed by atoms with Gasteiger partial charge in [-0.3, -0.25) is 4.79 Å². The van der Waals surface area contributed by atoms with Crippen LogP contribution in [0.1, 0.15) is 42.9 Å². The number of fused-ring (bicyclic) bond motifs is 1. The molecule has 0 aliphatic heterocycles. The fraction of sp³-hybridized carbons (Fsp3) is 0.250. The predicted molar refractivity (Wildman–Crippen MR) is 133 cm³/mol. The Bertz CT molecular complexity index is 1240.